The van der Waals surface area contributed by atoms with Crippen molar-refractivity contribution in [1.82, 2.24) is 9.71 Å². The first-order valence-electron chi connectivity index (χ1n) is 6.33. The largest absolute Gasteiger partial charge is 0.433 e. The highest BCUT2D eigenvalue weighted by Crippen LogP contribution is 2.28. The van der Waals surface area contributed by atoms with Gasteiger partial charge >= 0.3 is 6.18 Å². The average molecular weight is 345 g/mol. The molecule has 2 aromatic rings. The van der Waals surface area contributed by atoms with Crippen LogP contribution in [-0.2, 0) is 11.0 Å². The van der Waals surface area contributed by atoms with Gasteiger partial charge < -0.3 is 5.32 Å². The zero-order chi connectivity index (χ0) is 16.9. The van der Waals surface area contributed by atoms with Crippen LogP contribution in [0, 0.1) is 5.82 Å². The summed E-state index contributed by atoms with van der Waals surface area (Å²) in [5, 5.41) is 2.32. The predicted molar refractivity (Wildman–Crippen MR) is 78.1 cm³/mol. The van der Waals surface area contributed by atoms with Crippen LogP contribution in [0.4, 0.5) is 23.2 Å². The minimum atomic E-state index is -4.58. The number of hydrogen-bond acceptors (Lipinski definition) is 4. The summed E-state index contributed by atoms with van der Waals surface area (Å²) in [6.07, 6.45) is -3.61. The molecule has 0 saturated heterocycles. The summed E-state index contributed by atoms with van der Waals surface area (Å²) in [6.45, 7) is -0.162. The molecule has 0 saturated carbocycles. The number of nitrogens with one attached hydrogen (secondary N) is 2. The lowest BCUT2D eigenvalue weighted by Gasteiger charge is -2.09. The zero-order valence-electron chi connectivity index (χ0n) is 11.5. The van der Waals surface area contributed by atoms with E-state index in [1.807, 2.05) is 0 Å². The van der Waals surface area contributed by atoms with Gasteiger partial charge in [-0.15, -0.1) is 0 Å². The highest BCUT2D eigenvalue weighted by atomic mass is 32.2. The molecule has 1 heterocycles. The van der Waals surface area contributed by atoms with Gasteiger partial charge in [-0.05, 0) is 42.3 Å². The van der Waals surface area contributed by atoms with E-state index in [1.165, 1.54) is 24.3 Å². The number of alkyl halides is 3. The fourth-order valence-corrected chi connectivity index (χ4v) is 2.27. The summed E-state index contributed by atoms with van der Waals surface area (Å²) in [5.41, 5.74) is -1.09. The SMILES string of the molecule is O=C(CNSc1cccc(F)c1)Nc1ccnc(C(F)(F)F)c1. The topological polar surface area (TPSA) is 54.0 Å². The van der Waals surface area contributed by atoms with Crippen molar-refractivity contribution in [2.24, 2.45) is 0 Å². The third kappa shape index (κ3) is 5.53. The van der Waals surface area contributed by atoms with E-state index in [4.69, 9.17) is 0 Å². The first-order chi connectivity index (χ1) is 10.8. The predicted octanol–water partition coefficient (Wildman–Crippen LogP) is 3.47. The summed E-state index contributed by atoms with van der Waals surface area (Å²) in [6, 6.07) is 7.75. The molecular weight excluding hydrogens is 334 g/mol. The number of rotatable bonds is 5. The molecular formula is C14H11F4N3OS. The maximum Gasteiger partial charge on any atom is 0.433 e. The van der Waals surface area contributed by atoms with Gasteiger partial charge in [0.05, 0.1) is 6.54 Å². The summed E-state index contributed by atoms with van der Waals surface area (Å²) < 4.78 is 53.2. The van der Waals surface area contributed by atoms with Gasteiger partial charge in [-0.3, -0.25) is 14.5 Å². The van der Waals surface area contributed by atoms with Gasteiger partial charge in [0.25, 0.3) is 0 Å². The van der Waals surface area contributed by atoms with E-state index >= 15 is 0 Å². The number of halogens is 4. The second-order valence-corrected chi connectivity index (χ2v) is 5.32. The average Bonchev–Trinajstić information content (AvgIpc) is 2.46. The third-order valence-corrected chi connectivity index (χ3v) is 3.33. The number of aromatic nitrogens is 1. The minimum absolute atomic E-state index is 0.00474. The standard InChI is InChI=1S/C14H11F4N3OS/c15-9-2-1-3-11(6-9)23-20-8-13(22)21-10-4-5-19-12(7-10)14(16,17)18/h1-7,20H,8H2,(H,19,21,22). The maximum atomic E-state index is 13.0. The van der Waals surface area contributed by atoms with Crippen LogP contribution in [0.2, 0.25) is 0 Å². The maximum absolute atomic E-state index is 13.0. The molecule has 1 aromatic heterocycles. The molecule has 4 nitrogen and oxygen atoms in total. The number of pyridine rings is 1. The number of benzene rings is 1. The van der Waals surface area contributed by atoms with E-state index in [1.54, 1.807) is 6.07 Å². The molecule has 23 heavy (non-hydrogen) atoms. The first-order valence-corrected chi connectivity index (χ1v) is 7.14. The molecule has 122 valence electrons. The van der Waals surface area contributed by atoms with Gasteiger partial charge in [0.15, 0.2) is 0 Å². The minimum Gasteiger partial charge on any atom is -0.325 e. The summed E-state index contributed by atoms with van der Waals surface area (Å²) >= 11 is 1.04. The van der Waals surface area contributed by atoms with Crippen molar-refractivity contribution in [2.45, 2.75) is 11.1 Å². The molecule has 0 aliphatic rings. The van der Waals surface area contributed by atoms with Gasteiger partial charge in [-0.2, -0.15) is 13.2 Å². The van der Waals surface area contributed by atoms with Crippen LogP contribution in [-0.4, -0.2) is 17.4 Å². The Morgan fingerprint density at radius 1 is 1.22 bits per heavy atom. The fraction of sp³-hybridized carbons (Fsp3) is 0.143. The Labute approximate surface area is 133 Å². The first kappa shape index (κ1) is 17.2. The Bertz CT molecular complexity index is 694. The van der Waals surface area contributed by atoms with Crippen LogP contribution in [0.1, 0.15) is 5.69 Å². The van der Waals surface area contributed by atoms with Crippen molar-refractivity contribution in [2.75, 3.05) is 11.9 Å². The summed E-state index contributed by atoms with van der Waals surface area (Å²) in [4.78, 5) is 15.4. The lowest BCUT2D eigenvalue weighted by Crippen LogP contribution is -2.24. The van der Waals surface area contributed by atoms with Crippen LogP contribution in [0.5, 0.6) is 0 Å². The number of anilines is 1. The van der Waals surface area contributed by atoms with Crippen LogP contribution in [0.15, 0.2) is 47.5 Å². The normalized spacial score (nSPS) is 11.3. The molecule has 0 bridgehead atoms. The van der Waals surface area contributed by atoms with E-state index in [0.717, 1.165) is 24.2 Å². The van der Waals surface area contributed by atoms with Crippen LogP contribution in [0.3, 0.4) is 0 Å². The summed E-state index contributed by atoms with van der Waals surface area (Å²) in [7, 11) is 0. The Kier molecular flexibility index (Phi) is 5.56. The number of hydrogen-bond donors (Lipinski definition) is 2. The summed E-state index contributed by atoms with van der Waals surface area (Å²) in [5.74, 6) is -0.939. The van der Waals surface area contributed by atoms with E-state index in [0.29, 0.717) is 4.90 Å². The molecule has 0 aliphatic heterocycles. The van der Waals surface area contributed by atoms with Crippen LogP contribution < -0.4 is 10.0 Å². The van der Waals surface area contributed by atoms with Crippen molar-refractivity contribution in [1.29, 1.82) is 0 Å². The molecule has 0 aliphatic carbocycles. The van der Waals surface area contributed by atoms with Crippen LogP contribution >= 0.6 is 11.9 Å². The Hall–Kier alpha value is -2.13. The zero-order valence-corrected chi connectivity index (χ0v) is 12.3. The van der Waals surface area contributed by atoms with E-state index < -0.39 is 23.6 Å². The highest BCUT2D eigenvalue weighted by molar-refractivity contribution is 7.97. The number of carbonyl (C=O) groups is 1. The number of carbonyl (C=O) groups excluding carboxylic acids is 1. The van der Waals surface area contributed by atoms with Gasteiger partial charge in [-0.1, -0.05) is 6.07 Å². The quantitative estimate of drug-likeness (QED) is 0.644. The van der Waals surface area contributed by atoms with Crippen molar-refractivity contribution in [3.8, 4) is 0 Å². The fourth-order valence-electron chi connectivity index (χ4n) is 1.58. The molecule has 0 unspecified atom stereocenters. The number of nitrogens with zero attached hydrogens (tertiary/aromatic N) is 1. The van der Waals surface area contributed by atoms with E-state index in [2.05, 4.69) is 15.0 Å². The lowest BCUT2D eigenvalue weighted by atomic mass is 10.3. The van der Waals surface area contributed by atoms with E-state index in [-0.39, 0.29) is 12.2 Å². The van der Waals surface area contributed by atoms with Crippen molar-refractivity contribution < 1.29 is 22.4 Å². The Morgan fingerprint density at radius 3 is 2.70 bits per heavy atom. The molecule has 2 rings (SSSR count). The van der Waals surface area contributed by atoms with Crippen molar-refractivity contribution in [3.63, 3.8) is 0 Å². The number of amides is 1. The van der Waals surface area contributed by atoms with Gasteiger partial charge in [0.2, 0.25) is 5.91 Å². The molecule has 0 fully saturated rings. The molecule has 0 radical (unpaired) electrons. The van der Waals surface area contributed by atoms with Crippen LogP contribution in [0.25, 0.3) is 0 Å². The second kappa shape index (κ2) is 7.42. The smallest absolute Gasteiger partial charge is 0.325 e. The third-order valence-electron chi connectivity index (χ3n) is 2.55. The Balaban J connectivity index is 1.85. The lowest BCUT2D eigenvalue weighted by molar-refractivity contribution is -0.141. The molecule has 9 heteroatoms. The molecule has 1 amide bonds. The van der Waals surface area contributed by atoms with Crippen molar-refractivity contribution >= 4 is 23.5 Å². The Morgan fingerprint density at radius 2 is 2.00 bits per heavy atom. The highest BCUT2D eigenvalue weighted by Gasteiger charge is 2.32. The molecule has 1 aromatic carbocycles. The molecule has 2 N–H and O–H groups in total. The monoisotopic (exact) mass is 345 g/mol. The molecule has 0 atom stereocenters. The molecule has 0 spiro atoms. The van der Waals surface area contributed by atoms with E-state index in [9.17, 15) is 22.4 Å². The van der Waals surface area contributed by atoms with Crippen molar-refractivity contribution in [3.05, 3.63) is 54.1 Å². The van der Waals surface area contributed by atoms with Gasteiger partial charge in [0.1, 0.15) is 11.5 Å². The second-order valence-electron chi connectivity index (χ2n) is 4.36. The van der Waals surface area contributed by atoms with Gasteiger partial charge in [-0.25, -0.2) is 4.39 Å². The van der Waals surface area contributed by atoms with Gasteiger partial charge in [0, 0.05) is 16.8 Å².